The van der Waals surface area contributed by atoms with E-state index in [-0.39, 0.29) is 6.03 Å². The molecule has 2 amide bonds. The Bertz CT molecular complexity index is 680. The minimum absolute atomic E-state index is 0.00471. The number of hydrogen-bond acceptors (Lipinski definition) is 4. The second-order valence-electron chi connectivity index (χ2n) is 5.93. The monoisotopic (exact) mass is 364 g/mol. The zero-order valence-corrected chi connectivity index (χ0v) is 15.2. The number of aromatic nitrogens is 2. The van der Waals surface area contributed by atoms with Gasteiger partial charge in [0.15, 0.2) is 0 Å². The number of nitrogens with zero attached hydrogens (tertiary/aromatic N) is 3. The van der Waals surface area contributed by atoms with E-state index in [0.717, 1.165) is 47.9 Å². The van der Waals surface area contributed by atoms with Crippen LogP contribution < -0.4 is 5.32 Å². The molecule has 1 saturated heterocycles. The van der Waals surface area contributed by atoms with Gasteiger partial charge in [-0.25, -0.2) is 4.79 Å². The summed E-state index contributed by atoms with van der Waals surface area (Å²) >= 11 is 7.57. The third-order valence-corrected chi connectivity index (χ3v) is 5.76. The summed E-state index contributed by atoms with van der Waals surface area (Å²) in [5.41, 5.74) is 1.04. The number of carbonyl (C=O) groups is 1. The number of urea groups is 1. The fourth-order valence-corrected chi connectivity index (χ4v) is 3.87. The molecule has 1 aliphatic rings. The van der Waals surface area contributed by atoms with Crippen LogP contribution in [0, 0.1) is 0 Å². The number of carbonyl (C=O) groups excluding carboxylic acids is 1. The van der Waals surface area contributed by atoms with E-state index in [1.165, 1.54) is 0 Å². The molecule has 7 heteroatoms. The number of piperidine rings is 1. The van der Waals surface area contributed by atoms with Gasteiger partial charge in [0, 0.05) is 30.6 Å². The van der Waals surface area contributed by atoms with Gasteiger partial charge in [0.25, 0.3) is 0 Å². The predicted molar refractivity (Wildman–Crippen MR) is 96.5 cm³/mol. The first-order valence-electron chi connectivity index (χ1n) is 8.25. The average Bonchev–Trinajstić information content (AvgIpc) is 3.10. The zero-order chi connectivity index (χ0) is 16.9. The summed E-state index contributed by atoms with van der Waals surface area (Å²) in [7, 11) is 0. The Morgan fingerprint density at radius 3 is 2.62 bits per heavy atom. The first kappa shape index (κ1) is 17.2. The molecule has 2 aromatic rings. The number of rotatable bonds is 4. The zero-order valence-electron chi connectivity index (χ0n) is 13.7. The van der Waals surface area contributed by atoms with Crippen LogP contribution in [0.3, 0.4) is 0 Å². The Kier molecular flexibility index (Phi) is 5.68. The van der Waals surface area contributed by atoms with Gasteiger partial charge in [0.2, 0.25) is 0 Å². The lowest BCUT2D eigenvalue weighted by molar-refractivity contribution is 0.181. The van der Waals surface area contributed by atoms with Gasteiger partial charge < -0.3 is 10.2 Å². The molecule has 1 aromatic heterocycles. The number of hydrogen-bond donors (Lipinski definition) is 1. The largest absolute Gasteiger partial charge is 0.334 e. The number of benzene rings is 1. The lowest BCUT2D eigenvalue weighted by Gasteiger charge is -2.31. The highest BCUT2D eigenvalue weighted by atomic mass is 35.5. The molecule has 1 aromatic carbocycles. The summed E-state index contributed by atoms with van der Waals surface area (Å²) < 4.78 is 0. The van der Waals surface area contributed by atoms with Crippen LogP contribution in [0.2, 0.25) is 5.02 Å². The number of aryl methyl sites for hydroxylation is 1. The molecule has 5 nitrogen and oxygen atoms in total. The van der Waals surface area contributed by atoms with Crippen molar-refractivity contribution in [2.45, 2.75) is 38.6 Å². The van der Waals surface area contributed by atoms with Gasteiger partial charge in [-0.15, -0.1) is 21.5 Å². The van der Waals surface area contributed by atoms with E-state index < -0.39 is 0 Å². The number of amides is 2. The van der Waals surface area contributed by atoms with Crippen LogP contribution in [0.1, 0.15) is 41.3 Å². The van der Waals surface area contributed by atoms with Crippen molar-refractivity contribution >= 4 is 29.0 Å². The number of likely N-dealkylation sites (tertiary alicyclic amines) is 1. The van der Waals surface area contributed by atoms with Crippen LogP contribution in [-0.2, 0) is 13.0 Å². The molecule has 128 valence electrons. The standard InChI is InChI=1S/C17H21ClN4OS/c1-2-15-20-21-16(24-15)13-7-9-22(10-8-13)17(23)19-11-12-3-5-14(18)6-4-12/h3-6,13H,2,7-11H2,1H3,(H,19,23). The van der Waals surface area contributed by atoms with Crippen molar-refractivity contribution in [3.63, 3.8) is 0 Å². The van der Waals surface area contributed by atoms with Gasteiger partial charge in [-0.3, -0.25) is 0 Å². The maximum atomic E-state index is 12.3. The summed E-state index contributed by atoms with van der Waals surface area (Å²) in [5.74, 6) is 0.433. The molecule has 0 saturated carbocycles. The van der Waals surface area contributed by atoms with Crippen LogP contribution in [-0.4, -0.2) is 34.2 Å². The molecule has 24 heavy (non-hydrogen) atoms. The summed E-state index contributed by atoms with van der Waals surface area (Å²) in [6.07, 6.45) is 2.84. The molecule has 1 fully saturated rings. The van der Waals surface area contributed by atoms with Crippen molar-refractivity contribution < 1.29 is 4.79 Å². The van der Waals surface area contributed by atoms with Gasteiger partial charge in [-0.1, -0.05) is 30.7 Å². The molecule has 0 radical (unpaired) electrons. The normalized spacial score (nSPS) is 15.5. The molecule has 0 bridgehead atoms. The Hall–Kier alpha value is -1.66. The van der Waals surface area contributed by atoms with Gasteiger partial charge in [-0.2, -0.15) is 0 Å². The van der Waals surface area contributed by atoms with E-state index in [2.05, 4.69) is 22.4 Å². The van der Waals surface area contributed by atoms with Crippen molar-refractivity contribution in [3.05, 3.63) is 44.9 Å². The highest BCUT2D eigenvalue weighted by Crippen LogP contribution is 2.30. The van der Waals surface area contributed by atoms with E-state index in [9.17, 15) is 4.79 Å². The fourth-order valence-electron chi connectivity index (χ4n) is 2.80. The average molecular weight is 365 g/mol. The van der Waals surface area contributed by atoms with E-state index in [1.54, 1.807) is 11.3 Å². The van der Waals surface area contributed by atoms with Crippen molar-refractivity contribution in [2.75, 3.05) is 13.1 Å². The summed E-state index contributed by atoms with van der Waals surface area (Å²) in [5, 5.41) is 14.4. The number of nitrogens with one attached hydrogen (secondary N) is 1. The SMILES string of the molecule is CCc1nnc(C2CCN(C(=O)NCc3ccc(Cl)cc3)CC2)s1. The predicted octanol–water partition coefficient (Wildman–Crippen LogP) is 3.84. The molecule has 1 aliphatic heterocycles. The Morgan fingerprint density at radius 1 is 1.29 bits per heavy atom. The Labute approximate surface area is 151 Å². The molecule has 3 rings (SSSR count). The van der Waals surface area contributed by atoms with Crippen molar-refractivity contribution in [1.82, 2.24) is 20.4 Å². The minimum Gasteiger partial charge on any atom is -0.334 e. The summed E-state index contributed by atoms with van der Waals surface area (Å²) in [4.78, 5) is 14.2. The lowest BCUT2D eigenvalue weighted by Crippen LogP contribution is -2.43. The summed E-state index contributed by atoms with van der Waals surface area (Å²) in [6, 6.07) is 7.52. The quantitative estimate of drug-likeness (QED) is 0.896. The highest BCUT2D eigenvalue weighted by molar-refractivity contribution is 7.11. The molecule has 0 unspecified atom stereocenters. The van der Waals surface area contributed by atoms with Gasteiger partial charge in [0.05, 0.1) is 0 Å². The van der Waals surface area contributed by atoms with Gasteiger partial charge in [0.1, 0.15) is 10.0 Å². The molecule has 0 spiro atoms. The topological polar surface area (TPSA) is 58.1 Å². The second kappa shape index (κ2) is 7.94. The Morgan fingerprint density at radius 2 is 2.00 bits per heavy atom. The van der Waals surface area contributed by atoms with Crippen LogP contribution >= 0.6 is 22.9 Å². The third kappa shape index (κ3) is 4.24. The van der Waals surface area contributed by atoms with Crippen molar-refractivity contribution in [3.8, 4) is 0 Å². The molecular formula is C17H21ClN4OS. The molecular weight excluding hydrogens is 344 g/mol. The van der Waals surface area contributed by atoms with E-state index in [4.69, 9.17) is 11.6 Å². The third-order valence-electron chi connectivity index (χ3n) is 4.27. The van der Waals surface area contributed by atoms with Crippen LogP contribution in [0.15, 0.2) is 24.3 Å². The van der Waals surface area contributed by atoms with Crippen LogP contribution in [0.25, 0.3) is 0 Å². The molecule has 2 heterocycles. The van der Waals surface area contributed by atoms with Crippen LogP contribution in [0.4, 0.5) is 4.79 Å². The Balaban J connectivity index is 1.47. The highest BCUT2D eigenvalue weighted by Gasteiger charge is 2.25. The lowest BCUT2D eigenvalue weighted by atomic mass is 9.98. The van der Waals surface area contributed by atoms with E-state index in [0.29, 0.717) is 17.5 Å². The summed E-state index contributed by atoms with van der Waals surface area (Å²) in [6.45, 7) is 4.14. The second-order valence-corrected chi connectivity index (χ2v) is 7.46. The van der Waals surface area contributed by atoms with E-state index in [1.807, 2.05) is 29.2 Å². The first-order valence-corrected chi connectivity index (χ1v) is 9.44. The van der Waals surface area contributed by atoms with Crippen molar-refractivity contribution in [1.29, 1.82) is 0 Å². The smallest absolute Gasteiger partial charge is 0.317 e. The van der Waals surface area contributed by atoms with Crippen molar-refractivity contribution in [2.24, 2.45) is 0 Å². The fraction of sp³-hybridized carbons (Fsp3) is 0.471. The van der Waals surface area contributed by atoms with Gasteiger partial charge >= 0.3 is 6.03 Å². The maximum Gasteiger partial charge on any atom is 0.317 e. The number of halogens is 1. The first-order chi connectivity index (χ1) is 11.7. The van der Waals surface area contributed by atoms with Crippen LogP contribution in [0.5, 0.6) is 0 Å². The van der Waals surface area contributed by atoms with Gasteiger partial charge in [-0.05, 0) is 37.0 Å². The molecule has 0 aliphatic carbocycles. The maximum absolute atomic E-state index is 12.3. The van der Waals surface area contributed by atoms with E-state index >= 15 is 0 Å². The minimum atomic E-state index is -0.00471. The molecule has 1 N–H and O–H groups in total. The molecule has 0 atom stereocenters.